The highest BCUT2D eigenvalue weighted by atomic mass is 16.5. The van der Waals surface area contributed by atoms with Crippen molar-refractivity contribution in [2.75, 3.05) is 34.5 Å². The van der Waals surface area contributed by atoms with Crippen LogP contribution in [0.4, 0.5) is 0 Å². The molecule has 1 unspecified atom stereocenters. The van der Waals surface area contributed by atoms with Gasteiger partial charge in [-0.15, -0.1) is 0 Å². The van der Waals surface area contributed by atoms with Crippen LogP contribution in [0.25, 0.3) is 0 Å². The van der Waals surface area contributed by atoms with Crippen LogP contribution in [0, 0.1) is 5.41 Å². The molecule has 0 spiro atoms. The van der Waals surface area contributed by atoms with Crippen LogP contribution in [0.2, 0.25) is 0 Å². The fourth-order valence-electron chi connectivity index (χ4n) is 2.00. The molecule has 0 aromatic heterocycles. The fourth-order valence-corrected chi connectivity index (χ4v) is 2.00. The molecule has 21 heavy (non-hydrogen) atoms. The summed E-state index contributed by atoms with van der Waals surface area (Å²) in [6.07, 6.45) is 1.05. The molecule has 1 rings (SSSR count). The second-order valence-corrected chi connectivity index (χ2v) is 6.34. The molecule has 0 fully saturated rings. The van der Waals surface area contributed by atoms with E-state index in [1.54, 1.807) is 14.2 Å². The minimum Gasteiger partial charge on any atom is -0.493 e. The highest BCUT2D eigenvalue weighted by Gasteiger charge is 2.14. The molecule has 4 heteroatoms. The highest BCUT2D eigenvalue weighted by Crippen LogP contribution is 2.30. The Hall–Kier alpha value is -1.26. The summed E-state index contributed by atoms with van der Waals surface area (Å²) in [6.45, 7) is 8.08. The molecular formula is C17H29NO3. The SMILES string of the molecule is CNC(COCCC(C)(C)C)c1ccc(OC)c(OC)c1. The monoisotopic (exact) mass is 295 g/mol. The Balaban J connectivity index is 2.63. The Labute approximate surface area is 128 Å². The third-order valence-corrected chi connectivity index (χ3v) is 3.44. The third kappa shape index (κ3) is 5.94. The van der Waals surface area contributed by atoms with E-state index >= 15 is 0 Å². The zero-order chi connectivity index (χ0) is 15.9. The highest BCUT2D eigenvalue weighted by molar-refractivity contribution is 5.43. The van der Waals surface area contributed by atoms with E-state index in [2.05, 4.69) is 26.1 Å². The van der Waals surface area contributed by atoms with E-state index in [9.17, 15) is 0 Å². The Bertz CT molecular complexity index is 427. The van der Waals surface area contributed by atoms with Crippen molar-refractivity contribution >= 4 is 0 Å². The number of nitrogens with one attached hydrogen (secondary N) is 1. The topological polar surface area (TPSA) is 39.7 Å². The van der Waals surface area contributed by atoms with Crippen LogP contribution in [-0.2, 0) is 4.74 Å². The lowest BCUT2D eigenvalue weighted by molar-refractivity contribution is 0.0913. The number of ether oxygens (including phenoxy) is 3. The molecule has 1 atom stereocenters. The van der Waals surface area contributed by atoms with Crippen molar-refractivity contribution in [1.29, 1.82) is 0 Å². The Kier molecular flexibility index (Phi) is 6.99. The molecule has 0 aliphatic heterocycles. The van der Waals surface area contributed by atoms with E-state index in [1.807, 2.05) is 25.2 Å². The van der Waals surface area contributed by atoms with Crippen molar-refractivity contribution in [2.24, 2.45) is 5.41 Å². The predicted molar refractivity (Wildman–Crippen MR) is 86.2 cm³/mol. The number of hydrogen-bond acceptors (Lipinski definition) is 4. The van der Waals surface area contributed by atoms with E-state index in [0.29, 0.717) is 12.0 Å². The zero-order valence-electron chi connectivity index (χ0n) is 14.2. The van der Waals surface area contributed by atoms with E-state index in [-0.39, 0.29) is 6.04 Å². The van der Waals surface area contributed by atoms with Crippen LogP contribution in [0.5, 0.6) is 11.5 Å². The smallest absolute Gasteiger partial charge is 0.161 e. The molecule has 0 heterocycles. The summed E-state index contributed by atoms with van der Waals surface area (Å²) in [5.41, 5.74) is 1.43. The molecule has 1 N–H and O–H groups in total. The lowest BCUT2D eigenvalue weighted by Crippen LogP contribution is -2.23. The van der Waals surface area contributed by atoms with E-state index < -0.39 is 0 Å². The summed E-state index contributed by atoms with van der Waals surface area (Å²) in [5, 5.41) is 3.28. The van der Waals surface area contributed by atoms with Gasteiger partial charge in [0.2, 0.25) is 0 Å². The first-order chi connectivity index (χ1) is 9.91. The third-order valence-electron chi connectivity index (χ3n) is 3.44. The van der Waals surface area contributed by atoms with Gasteiger partial charge in [-0.05, 0) is 36.6 Å². The lowest BCUT2D eigenvalue weighted by atomic mass is 9.93. The van der Waals surface area contributed by atoms with Crippen LogP contribution in [0.15, 0.2) is 18.2 Å². The van der Waals surface area contributed by atoms with E-state index in [1.165, 1.54) is 0 Å². The predicted octanol–water partition coefficient (Wildman–Crippen LogP) is 3.42. The first-order valence-corrected chi connectivity index (χ1v) is 7.38. The zero-order valence-corrected chi connectivity index (χ0v) is 14.2. The second-order valence-electron chi connectivity index (χ2n) is 6.34. The van der Waals surface area contributed by atoms with Crippen molar-refractivity contribution in [2.45, 2.75) is 33.2 Å². The summed E-state index contributed by atoms with van der Waals surface area (Å²) < 4.78 is 16.4. The molecule has 4 nitrogen and oxygen atoms in total. The van der Waals surface area contributed by atoms with Crippen LogP contribution in [0.1, 0.15) is 38.8 Å². The average Bonchev–Trinajstić information content (AvgIpc) is 2.45. The molecular weight excluding hydrogens is 266 g/mol. The molecule has 0 saturated carbocycles. The second kappa shape index (κ2) is 8.25. The van der Waals surface area contributed by atoms with Crippen molar-refractivity contribution < 1.29 is 14.2 Å². The van der Waals surface area contributed by atoms with Gasteiger partial charge in [-0.1, -0.05) is 26.8 Å². The van der Waals surface area contributed by atoms with E-state index in [4.69, 9.17) is 14.2 Å². The van der Waals surface area contributed by atoms with Crippen LogP contribution in [-0.4, -0.2) is 34.5 Å². The quantitative estimate of drug-likeness (QED) is 0.746. The van der Waals surface area contributed by atoms with Gasteiger partial charge < -0.3 is 19.5 Å². The molecule has 0 bridgehead atoms. The Morgan fingerprint density at radius 2 is 1.76 bits per heavy atom. The number of hydrogen-bond donors (Lipinski definition) is 1. The first-order valence-electron chi connectivity index (χ1n) is 7.38. The van der Waals surface area contributed by atoms with Gasteiger partial charge in [-0.25, -0.2) is 0 Å². The van der Waals surface area contributed by atoms with Crippen LogP contribution < -0.4 is 14.8 Å². The lowest BCUT2D eigenvalue weighted by Gasteiger charge is -2.21. The maximum Gasteiger partial charge on any atom is 0.161 e. The molecule has 0 aliphatic carbocycles. The Morgan fingerprint density at radius 3 is 2.29 bits per heavy atom. The summed E-state index contributed by atoms with van der Waals surface area (Å²) in [6, 6.07) is 6.10. The number of benzene rings is 1. The van der Waals surface area contributed by atoms with Gasteiger partial charge in [-0.3, -0.25) is 0 Å². The number of likely N-dealkylation sites (N-methyl/N-ethyl adjacent to an activating group) is 1. The summed E-state index contributed by atoms with van der Waals surface area (Å²) in [5.74, 6) is 1.48. The van der Waals surface area contributed by atoms with Crippen molar-refractivity contribution in [3.63, 3.8) is 0 Å². The molecule has 0 amide bonds. The van der Waals surface area contributed by atoms with Gasteiger partial charge in [0.25, 0.3) is 0 Å². The fraction of sp³-hybridized carbons (Fsp3) is 0.647. The van der Waals surface area contributed by atoms with Gasteiger partial charge in [0, 0.05) is 6.61 Å². The van der Waals surface area contributed by atoms with Gasteiger partial charge in [0.1, 0.15) is 0 Å². The average molecular weight is 295 g/mol. The first kappa shape index (κ1) is 17.8. The van der Waals surface area contributed by atoms with Gasteiger partial charge in [0.05, 0.1) is 26.9 Å². The van der Waals surface area contributed by atoms with Crippen molar-refractivity contribution in [3.8, 4) is 11.5 Å². The summed E-state index contributed by atoms with van der Waals surface area (Å²) in [4.78, 5) is 0. The number of rotatable bonds is 8. The van der Waals surface area contributed by atoms with Gasteiger partial charge in [-0.2, -0.15) is 0 Å². The van der Waals surface area contributed by atoms with Crippen molar-refractivity contribution in [3.05, 3.63) is 23.8 Å². The van der Waals surface area contributed by atoms with Gasteiger partial charge in [0.15, 0.2) is 11.5 Å². The van der Waals surface area contributed by atoms with Crippen molar-refractivity contribution in [1.82, 2.24) is 5.32 Å². The summed E-state index contributed by atoms with van der Waals surface area (Å²) in [7, 11) is 5.23. The molecule has 0 saturated heterocycles. The van der Waals surface area contributed by atoms with Gasteiger partial charge >= 0.3 is 0 Å². The largest absolute Gasteiger partial charge is 0.493 e. The molecule has 120 valence electrons. The van der Waals surface area contributed by atoms with E-state index in [0.717, 1.165) is 30.1 Å². The maximum absolute atomic E-state index is 5.81. The normalized spacial score (nSPS) is 13.0. The Morgan fingerprint density at radius 1 is 1.10 bits per heavy atom. The minimum absolute atomic E-state index is 0.143. The molecule has 1 aromatic rings. The minimum atomic E-state index is 0.143. The molecule has 1 aromatic carbocycles. The van der Waals surface area contributed by atoms with Crippen LogP contribution >= 0.6 is 0 Å². The molecule has 0 aliphatic rings. The standard InChI is InChI=1S/C17H29NO3/c1-17(2,3)9-10-21-12-14(18-4)13-7-8-15(19-5)16(11-13)20-6/h7-8,11,14,18H,9-10,12H2,1-6H3. The summed E-state index contributed by atoms with van der Waals surface area (Å²) >= 11 is 0. The number of methoxy groups -OCH3 is 2. The van der Waals surface area contributed by atoms with Crippen LogP contribution in [0.3, 0.4) is 0 Å². The maximum atomic E-state index is 5.81. The molecule has 0 radical (unpaired) electrons.